The number of urea groups is 1. The predicted octanol–water partition coefficient (Wildman–Crippen LogP) is 4.25. The maximum Gasteiger partial charge on any atom is 0.318 e. The number of hydrogen-bond acceptors (Lipinski definition) is 4. The fourth-order valence-corrected chi connectivity index (χ4v) is 5.03. The molecule has 0 spiro atoms. The van der Waals surface area contributed by atoms with Gasteiger partial charge in [-0.05, 0) is 68.4 Å². The molecular formula is C23H28BrN5O. The summed E-state index contributed by atoms with van der Waals surface area (Å²) < 4.78 is 1.14. The van der Waals surface area contributed by atoms with Gasteiger partial charge in [-0.1, -0.05) is 28.1 Å². The number of benzene rings is 1. The number of hydrogen-bond donors (Lipinski definition) is 1. The third kappa shape index (κ3) is 4.17. The average Bonchev–Trinajstić information content (AvgIpc) is 3.68. The summed E-state index contributed by atoms with van der Waals surface area (Å²) in [5.74, 6) is 1.33. The first-order valence-corrected chi connectivity index (χ1v) is 11.8. The van der Waals surface area contributed by atoms with Crippen molar-refractivity contribution in [2.75, 3.05) is 18.0 Å². The van der Waals surface area contributed by atoms with E-state index in [9.17, 15) is 4.79 Å². The third-order valence-corrected chi connectivity index (χ3v) is 7.42. The van der Waals surface area contributed by atoms with Crippen LogP contribution in [0, 0.1) is 6.92 Å². The number of carbonyl (C=O) groups is 1. The smallest absolute Gasteiger partial charge is 0.318 e. The quantitative estimate of drug-likeness (QED) is 0.710. The monoisotopic (exact) mass is 469 g/mol. The first-order chi connectivity index (χ1) is 14.6. The Hall–Kier alpha value is -2.15. The highest BCUT2D eigenvalue weighted by molar-refractivity contribution is 9.10. The van der Waals surface area contributed by atoms with Crippen molar-refractivity contribution >= 4 is 27.8 Å². The van der Waals surface area contributed by atoms with Crippen LogP contribution in [0.5, 0.6) is 0 Å². The molecule has 2 heterocycles. The average molecular weight is 470 g/mol. The van der Waals surface area contributed by atoms with Crippen LogP contribution in [-0.2, 0) is 0 Å². The summed E-state index contributed by atoms with van der Waals surface area (Å²) in [7, 11) is 0. The second-order valence-electron chi connectivity index (χ2n) is 8.87. The van der Waals surface area contributed by atoms with Gasteiger partial charge in [-0.3, -0.25) is 0 Å². The Bertz CT molecular complexity index is 919. The van der Waals surface area contributed by atoms with Crippen molar-refractivity contribution in [1.82, 2.24) is 20.4 Å². The topological polar surface area (TPSA) is 61.4 Å². The lowest BCUT2D eigenvalue weighted by atomic mass is 10.0. The molecule has 2 amide bonds. The highest BCUT2D eigenvalue weighted by atomic mass is 79.9. The van der Waals surface area contributed by atoms with Gasteiger partial charge in [0.25, 0.3) is 0 Å². The zero-order chi connectivity index (χ0) is 20.7. The Morgan fingerprint density at radius 1 is 1.23 bits per heavy atom. The molecule has 0 radical (unpaired) electrons. The highest BCUT2D eigenvalue weighted by Gasteiger charge is 2.44. The van der Waals surface area contributed by atoms with E-state index in [-0.39, 0.29) is 18.1 Å². The fraction of sp³-hybridized carbons (Fsp3) is 0.522. The van der Waals surface area contributed by atoms with Crippen molar-refractivity contribution < 1.29 is 4.79 Å². The molecule has 3 atom stereocenters. The fourth-order valence-electron chi connectivity index (χ4n) is 4.63. The van der Waals surface area contributed by atoms with Gasteiger partial charge in [0.2, 0.25) is 0 Å². The summed E-state index contributed by atoms with van der Waals surface area (Å²) in [6, 6.07) is 11.5. The molecule has 158 valence electrons. The van der Waals surface area contributed by atoms with E-state index in [1.807, 2.05) is 12.1 Å². The number of anilines is 1. The van der Waals surface area contributed by atoms with Crippen LogP contribution in [0.25, 0.3) is 0 Å². The highest BCUT2D eigenvalue weighted by Crippen LogP contribution is 2.42. The first kappa shape index (κ1) is 19.8. The molecule has 2 saturated carbocycles. The van der Waals surface area contributed by atoms with Gasteiger partial charge in [0, 0.05) is 41.8 Å². The molecule has 2 aliphatic carbocycles. The number of piperidine rings is 1. The number of halogens is 1. The Morgan fingerprint density at radius 2 is 2.10 bits per heavy atom. The molecule has 5 rings (SSSR count). The van der Waals surface area contributed by atoms with E-state index in [4.69, 9.17) is 0 Å². The number of amides is 2. The maximum atomic E-state index is 13.3. The largest absolute Gasteiger partial charge is 0.353 e. The van der Waals surface area contributed by atoms with E-state index < -0.39 is 0 Å². The van der Waals surface area contributed by atoms with Crippen molar-refractivity contribution in [2.24, 2.45) is 0 Å². The zero-order valence-electron chi connectivity index (χ0n) is 17.3. The lowest BCUT2D eigenvalue weighted by Gasteiger charge is -2.40. The van der Waals surface area contributed by atoms with E-state index in [2.05, 4.69) is 66.4 Å². The lowest BCUT2D eigenvalue weighted by Crippen LogP contribution is -2.54. The summed E-state index contributed by atoms with van der Waals surface area (Å²) in [4.78, 5) is 17.7. The minimum absolute atomic E-state index is 0.113. The van der Waals surface area contributed by atoms with Crippen LogP contribution >= 0.6 is 15.9 Å². The van der Waals surface area contributed by atoms with Gasteiger partial charge in [0.1, 0.15) is 0 Å². The van der Waals surface area contributed by atoms with Gasteiger partial charge in [0.15, 0.2) is 5.82 Å². The Labute approximate surface area is 186 Å². The van der Waals surface area contributed by atoms with Crippen LogP contribution in [0.2, 0.25) is 0 Å². The summed E-state index contributed by atoms with van der Waals surface area (Å²) in [6.45, 7) is 3.91. The van der Waals surface area contributed by atoms with Gasteiger partial charge in [0.05, 0.1) is 6.04 Å². The number of carbonyl (C=O) groups excluding carboxylic acids is 1. The summed E-state index contributed by atoms with van der Waals surface area (Å²) >= 11 is 3.63. The molecule has 6 nitrogen and oxygen atoms in total. The predicted molar refractivity (Wildman–Crippen MR) is 121 cm³/mol. The van der Waals surface area contributed by atoms with Crippen molar-refractivity contribution in [3.8, 4) is 0 Å². The van der Waals surface area contributed by atoms with E-state index >= 15 is 0 Å². The van der Waals surface area contributed by atoms with Crippen molar-refractivity contribution in [1.29, 1.82) is 0 Å². The van der Waals surface area contributed by atoms with E-state index in [0.29, 0.717) is 12.0 Å². The molecule has 3 aliphatic rings. The third-order valence-electron chi connectivity index (χ3n) is 6.57. The molecular weight excluding hydrogens is 442 g/mol. The van der Waals surface area contributed by atoms with Crippen LogP contribution in [0.3, 0.4) is 0 Å². The lowest BCUT2D eigenvalue weighted by molar-refractivity contribution is 0.160. The standard InChI is InChI=1S/C23H28BrN5O/c1-15-6-7-16(12-20(15)24)19-13-21(19)26-23(30)29(17-8-9-17)18-4-3-11-28(14-18)22-5-2-10-25-27-22/h2,5-7,10,12,17-19,21H,3-4,8-9,11,13-14H2,1H3,(H,26,30)/t18-,19?,21?/m1/s1. The molecule has 1 aromatic carbocycles. The number of aryl methyl sites for hydroxylation is 1. The van der Waals surface area contributed by atoms with Gasteiger partial charge in [-0.2, -0.15) is 5.10 Å². The number of nitrogens with one attached hydrogen (secondary N) is 1. The molecule has 1 saturated heterocycles. The van der Waals surface area contributed by atoms with Gasteiger partial charge in [-0.25, -0.2) is 4.79 Å². The van der Waals surface area contributed by atoms with Gasteiger partial charge in [-0.15, -0.1) is 5.10 Å². The molecule has 30 heavy (non-hydrogen) atoms. The minimum atomic E-state index is 0.113. The molecule has 0 bridgehead atoms. The second-order valence-corrected chi connectivity index (χ2v) is 9.72. The van der Waals surface area contributed by atoms with Crippen molar-refractivity contribution in [3.05, 3.63) is 52.1 Å². The number of aromatic nitrogens is 2. The minimum Gasteiger partial charge on any atom is -0.353 e. The number of rotatable bonds is 5. The molecule has 1 aliphatic heterocycles. The van der Waals surface area contributed by atoms with Gasteiger partial charge < -0.3 is 15.1 Å². The molecule has 1 N–H and O–H groups in total. The Balaban J connectivity index is 1.24. The second kappa shape index (κ2) is 8.17. The van der Waals surface area contributed by atoms with Gasteiger partial charge >= 0.3 is 6.03 Å². The van der Waals surface area contributed by atoms with E-state index in [1.54, 1.807) is 6.20 Å². The molecule has 2 aromatic rings. The summed E-state index contributed by atoms with van der Waals surface area (Å²) in [5, 5.41) is 11.6. The molecule has 3 fully saturated rings. The Morgan fingerprint density at radius 3 is 2.83 bits per heavy atom. The van der Waals surface area contributed by atoms with E-state index in [1.165, 1.54) is 11.1 Å². The SMILES string of the molecule is Cc1ccc(C2CC2NC(=O)N(C2CC2)[C@@H]2CCCN(c3cccnn3)C2)cc1Br. The molecule has 2 unspecified atom stereocenters. The number of nitrogens with zero attached hydrogens (tertiary/aromatic N) is 4. The van der Waals surface area contributed by atoms with Crippen LogP contribution in [0.1, 0.15) is 49.1 Å². The molecule has 1 aromatic heterocycles. The summed E-state index contributed by atoms with van der Waals surface area (Å²) in [6.07, 6.45) is 7.09. The first-order valence-electron chi connectivity index (χ1n) is 11.0. The zero-order valence-corrected chi connectivity index (χ0v) is 18.9. The maximum absolute atomic E-state index is 13.3. The van der Waals surface area contributed by atoms with Crippen LogP contribution < -0.4 is 10.2 Å². The van der Waals surface area contributed by atoms with Crippen molar-refractivity contribution in [2.45, 2.75) is 63.1 Å². The Kier molecular flexibility index (Phi) is 5.39. The van der Waals surface area contributed by atoms with Crippen molar-refractivity contribution in [3.63, 3.8) is 0 Å². The normalized spacial score (nSPS) is 25.7. The van der Waals surface area contributed by atoms with Crippen LogP contribution in [-0.4, -0.2) is 52.3 Å². The van der Waals surface area contributed by atoms with Crippen LogP contribution in [0.4, 0.5) is 10.6 Å². The molecule has 7 heteroatoms. The summed E-state index contributed by atoms with van der Waals surface area (Å²) in [5.41, 5.74) is 2.55. The van der Waals surface area contributed by atoms with Crippen LogP contribution in [0.15, 0.2) is 41.0 Å². The van der Waals surface area contributed by atoms with E-state index in [0.717, 1.165) is 55.5 Å².